The van der Waals surface area contributed by atoms with Crippen molar-refractivity contribution in [3.8, 4) is 34.2 Å². The third-order valence-corrected chi connectivity index (χ3v) is 9.82. The zero-order valence-corrected chi connectivity index (χ0v) is 30.5. The van der Waals surface area contributed by atoms with Crippen LogP contribution in [0, 0.1) is 0 Å². The number of aromatic nitrogens is 2. The molecular formula is C39H41BrClN3O4. The van der Waals surface area contributed by atoms with E-state index in [9.17, 15) is 9.59 Å². The molecule has 0 fully saturated rings. The zero-order chi connectivity index (χ0) is 34.6. The third-order valence-electron chi connectivity index (χ3n) is 9.04. The minimum Gasteiger partial charge on any atom is -0.483 e. The minimum absolute atomic E-state index is 0.0391. The molecule has 0 atom stereocenters. The van der Waals surface area contributed by atoms with E-state index >= 15 is 0 Å². The molecule has 9 heteroatoms. The first-order valence-corrected chi connectivity index (χ1v) is 17.2. The predicted octanol–water partition coefficient (Wildman–Crippen LogP) is 10.4. The summed E-state index contributed by atoms with van der Waals surface area (Å²) in [6.07, 6.45) is 1.95. The van der Waals surface area contributed by atoms with Gasteiger partial charge in [0.15, 0.2) is 6.61 Å². The maximum atomic E-state index is 13.7. The Kier molecular flexibility index (Phi) is 10.6. The van der Waals surface area contributed by atoms with Crippen LogP contribution in [0.4, 0.5) is 5.69 Å². The molecule has 0 aliphatic rings. The lowest BCUT2D eigenvalue weighted by atomic mass is 9.76. The number of benzene rings is 4. The van der Waals surface area contributed by atoms with Crippen molar-refractivity contribution in [3.63, 3.8) is 0 Å². The van der Waals surface area contributed by atoms with Crippen LogP contribution in [-0.2, 0) is 15.6 Å². The average Bonchev–Trinajstić information content (AvgIpc) is 3.40. The minimum atomic E-state index is -0.368. The number of hydrogen-bond donors (Lipinski definition) is 2. The van der Waals surface area contributed by atoms with Gasteiger partial charge in [-0.2, -0.15) is 0 Å². The van der Waals surface area contributed by atoms with Crippen LogP contribution in [0.25, 0.3) is 16.9 Å². The number of rotatable bonds is 12. The van der Waals surface area contributed by atoms with Crippen LogP contribution in [0.15, 0.2) is 100 Å². The van der Waals surface area contributed by atoms with Crippen molar-refractivity contribution in [1.82, 2.24) is 9.78 Å². The predicted molar refractivity (Wildman–Crippen MR) is 198 cm³/mol. The first-order valence-electron chi connectivity index (χ1n) is 16.0. The van der Waals surface area contributed by atoms with Crippen molar-refractivity contribution in [2.45, 2.75) is 65.2 Å². The quantitative estimate of drug-likeness (QED) is 0.134. The highest BCUT2D eigenvalue weighted by molar-refractivity contribution is 9.10. The SMILES string of the molecule is CCC(C)(C)c1ccc(OCC(=O)Nc2ccc(-n3[nH]c(-c4ccc(Cl)cc4)c(Oc4ccc(Br)cc4)c3=O)cc2)c(C(C)(C)CC)c1. The van der Waals surface area contributed by atoms with Crippen molar-refractivity contribution >= 4 is 39.1 Å². The van der Waals surface area contributed by atoms with Crippen LogP contribution in [0.1, 0.15) is 65.5 Å². The number of anilines is 1. The molecule has 4 aromatic carbocycles. The van der Waals surface area contributed by atoms with E-state index in [-0.39, 0.29) is 34.7 Å². The van der Waals surface area contributed by atoms with Gasteiger partial charge in [-0.1, -0.05) is 93.3 Å². The van der Waals surface area contributed by atoms with Crippen LogP contribution in [0.5, 0.6) is 17.2 Å². The Morgan fingerprint density at radius 3 is 2.15 bits per heavy atom. The molecule has 0 spiro atoms. The summed E-state index contributed by atoms with van der Waals surface area (Å²) in [5.41, 5.74) is 4.29. The van der Waals surface area contributed by atoms with Gasteiger partial charge in [0.2, 0.25) is 5.75 Å². The summed E-state index contributed by atoms with van der Waals surface area (Å²) in [4.78, 5) is 26.7. The van der Waals surface area contributed by atoms with Gasteiger partial charge in [0.25, 0.3) is 5.91 Å². The van der Waals surface area contributed by atoms with E-state index in [0.717, 1.165) is 28.4 Å². The Morgan fingerprint density at radius 2 is 1.52 bits per heavy atom. The fraction of sp³-hybridized carbons (Fsp3) is 0.282. The van der Waals surface area contributed by atoms with Crippen molar-refractivity contribution in [2.75, 3.05) is 11.9 Å². The number of aromatic amines is 1. The summed E-state index contributed by atoms with van der Waals surface area (Å²) < 4.78 is 14.5. The molecular weight excluding hydrogens is 690 g/mol. The Hall–Kier alpha value is -4.27. The molecule has 0 aliphatic heterocycles. The van der Waals surface area contributed by atoms with Crippen molar-refractivity contribution < 1.29 is 14.3 Å². The van der Waals surface area contributed by atoms with E-state index in [4.69, 9.17) is 21.1 Å². The molecule has 0 radical (unpaired) electrons. The van der Waals surface area contributed by atoms with E-state index in [1.807, 2.05) is 30.3 Å². The van der Waals surface area contributed by atoms with Gasteiger partial charge in [-0.15, -0.1) is 0 Å². The summed E-state index contributed by atoms with van der Waals surface area (Å²) in [5, 5.41) is 6.68. The highest BCUT2D eigenvalue weighted by Crippen LogP contribution is 2.38. The maximum Gasteiger partial charge on any atom is 0.314 e. The van der Waals surface area contributed by atoms with Crippen LogP contribution < -0.4 is 20.3 Å². The summed E-state index contributed by atoms with van der Waals surface area (Å²) in [6, 6.07) is 27.7. The van der Waals surface area contributed by atoms with E-state index in [1.54, 1.807) is 48.5 Å². The van der Waals surface area contributed by atoms with E-state index in [1.165, 1.54) is 10.2 Å². The second-order valence-electron chi connectivity index (χ2n) is 13.1. The van der Waals surface area contributed by atoms with Gasteiger partial charge < -0.3 is 14.8 Å². The Labute approximate surface area is 295 Å². The number of amides is 1. The number of halogens is 2. The molecule has 0 unspecified atom stereocenters. The average molecular weight is 731 g/mol. The molecule has 0 bridgehead atoms. The normalized spacial score (nSPS) is 11.8. The monoisotopic (exact) mass is 729 g/mol. The van der Waals surface area contributed by atoms with Gasteiger partial charge in [-0.25, -0.2) is 4.68 Å². The molecule has 1 heterocycles. The molecule has 2 N–H and O–H groups in total. The van der Waals surface area contributed by atoms with Crippen molar-refractivity contribution in [2.24, 2.45) is 0 Å². The molecule has 0 saturated carbocycles. The maximum absolute atomic E-state index is 13.7. The summed E-state index contributed by atoms with van der Waals surface area (Å²) in [5.74, 6) is 1.09. The highest BCUT2D eigenvalue weighted by Gasteiger charge is 2.27. The van der Waals surface area contributed by atoms with E-state index in [2.05, 4.69) is 80.0 Å². The summed E-state index contributed by atoms with van der Waals surface area (Å²) >= 11 is 9.55. The number of carbonyl (C=O) groups excluding carboxylic acids is 1. The number of carbonyl (C=O) groups is 1. The fourth-order valence-electron chi connectivity index (χ4n) is 5.17. The Morgan fingerprint density at radius 1 is 0.875 bits per heavy atom. The third kappa shape index (κ3) is 7.88. The topological polar surface area (TPSA) is 85.3 Å². The van der Waals surface area contributed by atoms with Gasteiger partial charge in [0.05, 0.1) is 5.69 Å². The Balaban J connectivity index is 1.34. The van der Waals surface area contributed by atoms with Crippen molar-refractivity contribution in [3.05, 3.63) is 122 Å². The summed E-state index contributed by atoms with van der Waals surface area (Å²) in [7, 11) is 0. The van der Waals surface area contributed by atoms with Gasteiger partial charge in [0, 0.05) is 26.3 Å². The van der Waals surface area contributed by atoms with Gasteiger partial charge >= 0.3 is 5.56 Å². The first kappa shape index (κ1) is 35.0. The highest BCUT2D eigenvalue weighted by atomic mass is 79.9. The standard InChI is InChI=1S/C39H41BrClN3O4/c1-7-38(3,4)26-11-22-33(32(23-26)39(5,6)8-2)47-24-34(45)42-29-16-18-30(19-17-29)44-37(46)36(48-31-20-12-27(40)13-21-31)35(43-44)25-9-14-28(41)15-10-25/h9-23,43H,7-8,24H2,1-6H3,(H,42,45). The smallest absolute Gasteiger partial charge is 0.314 e. The lowest BCUT2D eigenvalue weighted by molar-refractivity contribution is -0.118. The molecule has 0 saturated heterocycles. The zero-order valence-electron chi connectivity index (χ0n) is 28.1. The molecule has 1 aromatic heterocycles. The molecule has 0 aliphatic carbocycles. The van der Waals surface area contributed by atoms with Crippen molar-refractivity contribution in [1.29, 1.82) is 0 Å². The molecule has 250 valence electrons. The lowest BCUT2D eigenvalue weighted by Crippen LogP contribution is -2.24. The molecule has 48 heavy (non-hydrogen) atoms. The fourth-order valence-corrected chi connectivity index (χ4v) is 5.56. The summed E-state index contributed by atoms with van der Waals surface area (Å²) in [6.45, 7) is 13.1. The second-order valence-corrected chi connectivity index (χ2v) is 14.4. The first-order chi connectivity index (χ1) is 22.8. The number of nitrogens with zero attached hydrogens (tertiary/aromatic N) is 1. The number of ether oxygens (including phenoxy) is 2. The molecule has 5 aromatic rings. The number of H-pyrrole nitrogens is 1. The molecule has 7 nitrogen and oxygen atoms in total. The lowest BCUT2D eigenvalue weighted by Gasteiger charge is -2.30. The van der Waals surface area contributed by atoms with E-state index < -0.39 is 0 Å². The van der Waals surface area contributed by atoms with Crippen LogP contribution in [0.2, 0.25) is 5.02 Å². The molecule has 1 amide bonds. The van der Waals surface area contributed by atoms with Crippen LogP contribution >= 0.6 is 27.5 Å². The van der Waals surface area contributed by atoms with Crippen LogP contribution in [-0.4, -0.2) is 22.3 Å². The van der Waals surface area contributed by atoms with Gasteiger partial charge in [-0.3, -0.25) is 14.7 Å². The number of hydrogen-bond acceptors (Lipinski definition) is 4. The van der Waals surface area contributed by atoms with Gasteiger partial charge in [0.1, 0.15) is 17.2 Å². The second kappa shape index (κ2) is 14.5. The van der Waals surface area contributed by atoms with Crippen LogP contribution in [0.3, 0.4) is 0 Å². The largest absolute Gasteiger partial charge is 0.483 e. The number of nitrogens with one attached hydrogen (secondary N) is 2. The molecule has 5 rings (SSSR count). The van der Waals surface area contributed by atoms with E-state index in [0.29, 0.717) is 33.6 Å². The Bertz CT molecular complexity index is 1940. The van der Waals surface area contributed by atoms with Gasteiger partial charge in [-0.05, 0) is 96.0 Å².